The van der Waals surface area contributed by atoms with Crippen molar-refractivity contribution in [1.82, 2.24) is 19.7 Å². The number of nitrogens with one attached hydrogen (secondary N) is 1. The van der Waals surface area contributed by atoms with Crippen LogP contribution in [0.5, 0.6) is 0 Å². The molecule has 0 aliphatic rings. The van der Waals surface area contributed by atoms with Gasteiger partial charge in [0.05, 0.1) is 17.6 Å². The van der Waals surface area contributed by atoms with Gasteiger partial charge in [0.2, 0.25) is 0 Å². The maximum Gasteiger partial charge on any atom is 0.269 e. The van der Waals surface area contributed by atoms with Crippen LogP contribution in [0.25, 0.3) is 16.7 Å². The molecule has 0 radical (unpaired) electrons. The number of benzene rings is 2. The number of carbonyl (C=O) groups is 1. The molecule has 0 bridgehead atoms. The first-order chi connectivity index (χ1) is 14.1. The van der Waals surface area contributed by atoms with E-state index in [9.17, 15) is 9.59 Å². The number of Topliss-reactive ketones (excluding diaryl/α,β-unsaturated/α-hetero) is 1. The minimum atomic E-state index is -0.227. The van der Waals surface area contributed by atoms with E-state index in [0.717, 1.165) is 6.42 Å². The van der Waals surface area contributed by atoms with Gasteiger partial charge < -0.3 is 0 Å². The van der Waals surface area contributed by atoms with Crippen molar-refractivity contribution in [2.75, 3.05) is 5.75 Å². The molecule has 6 nitrogen and oxygen atoms in total. The summed E-state index contributed by atoms with van der Waals surface area (Å²) in [4.78, 5) is 30.2. The van der Waals surface area contributed by atoms with Crippen LogP contribution in [0.3, 0.4) is 0 Å². The van der Waals surface area contributed by atoms with E-state index in [0.29, 0.717) is 32.5 Å². The molecule has 8 heteroatoms. The Labute approximate surface area is 175 Å². The van der Waals surface area contributed by atoms with E-state index < -0.39 is 0 Å². The number of aromatic nitrogens is 4. The number of hydrogen-bond donors (Lipinski definition) is 1. The lowest BCUT2D eigenvalue weighted by atomic mass is 10.1. The number of fused-ring (bicyclic) bond motifs is 1. The number of aromatic amines is 1. The molecule has 146 valence electrons. The smallest absolute Gasteiger partial charge is 0.269 e. The molecule has 0 fully saturated rings. The quantitative estimate of drug-likeness (QED) is 0.283. The zero-order valence-electron chi connectivity index (χ0n) is 15.6. The summed E-state index contributed by atoms with van der Waals surface area (Å²) in [6.07, 6.45) is 2.38. The van der Waals surface area contributed by atoms with Crippen molar-refractivity contribution in [3.8, 4) is 5.69 Å². The van der Waals surface area contributed by atoms with Gasteiger partial charge in [0, 0.05) is 10.6 Å². The Balaban J connectivity index is 1.71. The largest absolute Gasteiger partial charge is 0.293 e. The van der Waals surface area contributed by atoms with Crippen LogP contribution in [-0.4, -0.2) is 31.3 Å². The second kappa shape index (κ2) is 8.23. The molecule has 0 aliphatic carbocycles. The van der Waals surface area contributed by atoms with Crippen molar-refractivity contribution in [2.24, 2.45) is 0 Å². The second-order valence-electron chi connectivity index (χ2n) is 6.41. The van der Waals surface area contributed by atoms with Crippen molar-refractivity contribution in [3.05, 3.63) is 81.2 Å². The molecule has 0 aliphatic heterocycles. The zero-order chi connectivity index (χ0) is 20.4. The fourth-order valence-corrected chi connectivity index (χ4v) is 3.95. The van der Waals surface area contributed by atoms with Gasteiger partial charge in [-0.15, -0.1) is 0 Å². The zero-order valence-corrected chi connectivity index (χ0v) is 17.1. The number of ketones is 1. The average Bonchev–Trinajstić information content (AvgIpc) is 3.22. The van der Waals surface area contributed by atoms with Gasteiger partial charge in [-0.3, -0.25) is 19.3 Å². The lowest BCUT2D eigenvalue weighted by Gasteiger charge is -2.12. The molecule has 0 spiro atoms. The molecule has 0 unspecified atom stereocenters. The van der Waals surface area contributed by atoms with Crippen LogP contribution in [0.4, 0.5) is 0 Å². The average molecular weight is 425 g/mol. The monoisotopic (exact) mass is 424 g/mol. The SMILES string of the molecule is CCc1ccc(-n2c(SCC(=O)c3ccc(Cl)cc3)nc3[nH]ncc3c2=O)cc1. The Hall–Kier alpha value is -2.90. The number of hydrogen-bond acceptors (Lipinski definition) is 5. The number of H-pyrrole nitrogens is 1. The minimum absolute atomic E-state index is 0.0708. The molecular formula is C21H17ClN4O2S. The number of rotatable bonds is 6. The summed E-state index contributed by atoms with van der Waals surface area (Å²) in [6, 6.07) is 14.5. The summed E-state index contributed by atoms with van der Waals surface area (Å²) in [5.41, 5.74) is 2.61. The summed E-state index contributed by atoms with van der Waals surface area (Å²) in [7, 11) is 0. The van der Waals surface area contributed by atoms with Crippen molar-refractivity contribution in [2.45, 2.75) is 18.5 Å². The van der Waals surface area contributed by atoms with Gasteiger partial charge in [-0.25, -0.2) is 4.98 Å². The number of halogens is 1. The maximum absolute atomic E-state index is 13.1. The van der Waals surface area contributed by atoms with Crippen LogP contribution in [0.2, 0.25) is 5.02 Å². The van der Waals surface area contributed by atoms with E-state index in [1.807, 2.05) is 24.3 Å². The second-order valence-corrected chi connectivity index (χ2v) is 7.78. The van der Waals surface area contributed by atoms with Gasteiger partial charge in [-0.1, -0.05) is 42.4 Å². The molecule has 0 amide bonds. The minimum Gasteiger partial charge on any atom is -0.293 e. The molecule has 29 heavy (non-hydrogen) atoms. The first kappa shape index (κ1) is 19.4. The van der Waals surface area contributed by atoms with Crippen LogP contribution in [0, 0.1) is 0 Å². The van der Waals surface area contributed by atoms with Crippen molar-refractivity contribution in [1.29, 1.82) is 0 Å². The molecule has 0 atom stereocenters. The molecule has 0 saturated carbocycles. The third-order valence-corrected chi connectivity index (χ3v) is 5.74. The standard InChI is InChI=1S/C21H17ClN4O2S/c1-2-13-3-9-16(10-4-13)26-20(28)17-11-23-25-19(17)24-21(26)29-12-18(27)14-5-7-15(22)8-6-14/h3-11H,2,12H2,1H3,(H,23,25). The lowest BCUT2D eigenvalue weighted by molar-refractivity contribution is 0.102. The topological polar surface area (TPSA) is 80.6 Å². The number of carbonyl (C=O) groups excluding carboxylic acids is 1. The number of aryl methyl sites for hydroxylation is 1. The Morgan fingerprint density at radius 2 is 1.86 bits per heavy atom. The predicted octanol–water partition coefficient (Wildman–Crippen LogP) is 4.30. The maximum atomic E-state index is 13.1. The third-order valence-electron chi connectivity index (χ3n) is 4.55. The normalized spacial score (nSPS) is 11.1. The van der Waals surface area contributed by atoms with Crippen LogP contribution >= 0.6 is 23.4 Å². The summed E-state index contributed by atoms with van der Waals surface area (Å²) in [5.74, 6) is 0.0688. The van der Waals surface area contributed by atoms with Gasteiger partial charge in [-0.2, -0.15) is 5.10 Å². The van der Waals surface area contributed by atoms with Crippen LogP contribution < -0.4 is 5.56 Å². The van der Waals surface area contributed by atoms with E-state index in [1.165, 1.54) is 28.1 Å². The fourth-order valence-electron chi connectivity index (χ4n) is 2.93. The highest BCUT2D eigenvalue weighted by Gasteiger charge is 2.16. The Morgan fingerprint density at radius 1 is 1.14 bits per heavy atom. The van der Waals surface area contributed by atoms with Crippen LogP contribution in [0.15, 0.2) is 64.7 Å². The van der Waals surface area contributed by atoms with Crippen molar-refractivity contribution >= 4 is 40.2 Å². The highest BCUT2D eigenvalue weighted by Crippen LogP contribution is 2.22. The Morgan fingerprint density at radius 3 is 2.55 bits per heavy atom. The summed E-state index contributed by atoms with van der Waals surface area (Å²) in [6.45, 7) is 2.07. The molecule has 0 saturated heterocycles. The molecule has 4 aromatic rings. The van der Waals surface area contributed by atoms with E-state index in [1.54, 1.807) is 24.3 Å². The van der Waals surface area contributed by atoms with E-state index in [4.69, 9.17) is 11.6 Å². The van der Waals surface area contributed by atoms with Crippen molar-refractivity contribution in [3.63, 3.8) is 0 Å². The van der Waals surface area contributed by atoms with Crippen LogP contribution in [0.1, 0.15) is 22.8 Å². The van der Waals surface area contributed by atoms with Gasteiger partial charge in [0.15, 0.2) is 16.6 Å². The molecule has 4 rings (SSSR count). The highest BCUT2D eigenvalue weighted by atomic mass is 35.5. The Bertz CT molecular complexity index is 1230. The van der Waals surface area contributed by atoms with Gasteiger partial charge >= 0.3 is 0 Å². The summed E-state index contributed by atoms with van der Waals surface area (Å²) >= 11 is 7.10. The van der Waals surface area contributed by atoms with Gasteiger partial charge in [0.1, 0.15) is 5.39 Å². The van der Waals surface area contributed by atoms with Crippen LogP contribution in [-0.2, 0) is 6.42 Å². The first-order valence-electron chi connectivity index (χ1n) is 9.04. The van der Waals surface area contributed by atoms with Crippen molar-refractivity contribution < 1.29 is 4.79 Å². The Kier molecular flexibility index (Phi) is 5.51. The summed E-state index contributed by atoms with van der Waals surface area (Å²) in [5, 5.41) is 8.07. The third kappa shape index (κ3) is 3.97. The van der Waals surface area contributed by atoms with E-state index >= 15 is 0 Å². The van der Waals surface area contributed by atoms with E-state index in [-0.39, 0.29) is 17.1 Å². The van der Waals surface area contributed by atoms with Gasteiger partial charge in [0.25, 0.3) is 5.56 Å². The predicted molar refractivity (Wildman–Crippen MR) is 115 cm³/mol. The molecule has 1 N–H and O–H groups in total. The molecule has 2 aromatic heterocycles. The lowest BCUT2D eigenvalue weighted by Crippen LogP contribution is -2.21. The summed E-state index contributed by atoms with van der Waals surface area (Å²) < 4.78 is 1.52. The number of nitrogens with zero attached hydrogens (tertiary/aromatic N) is 3. The van der Waals surface area contributed by atoms with E-state index in [2.05, 4.69) is 22.1 Å². The molecular weight excluding hydrogens is 408 g/mol. The number of thioether (sulfide) groups is 1. The molecule has 2 heterocycles. The fraction of sp³-hybridized carbons (Fsp3) is 0.143. The highest BCUT2D eigenvalue weighted by molar-refractivity contribution is 7.99. The van der Waals surface area contributed by atoms with Gasteiger partial charge in [-0.05, 0) is 48.4 Å². The molecule has 2 aromatic carbocycles. The first-order valence-corrected chi connectivity index (χ1v) is 10.4.